The first-order chi connectivity index (χ1) is 10.1. The van der Waals surface area contributed by atoms with E-state index in [4.69, 9.17) is 4.84 Å². The molecule has 116 valence electrons. The molecule has 1 heterocycles. The third-order valence-electron chi connectivity index (χ3n) is 2.75. The molecule has 0 aromatic carbocycles. The molecule has 2 rings (SSSR count). The number of nitrogens with zero attached hydrogens (tertiary/aromatic N) is 2. The van der Waals surface area contributed by atoms with Gasteiger partial charge in [-0.15, -0.1) is 11.3 Å². The van der Waals surface area contributed by atoms with E-state index in [-0.39, 0.29) is 12.2 Å². The van der Waals surface area contributed by atoms with Gasteiger partial charge < -0.3 is 4.84 Å². The molecule has 0 aliphatic heterocycles. The van der Waals surface area contributed by atoms with Gasteiger partial charge in [0.25, 0.3) is 0 Å². The Hall–Kier alpha value is -1.02. The van der Waals surface area contributed by atoms with Crippen molar-refractivity contribution in [3.63, 3.8) is 0 Å². The lowest BCUT2D eigenvalue weighted by molar-refractivity contribution is 0.160. The summed E-state index contributed by atoms with van der Waals surface area (Å²) in [6.45, 7) is 2.34. The van der Waals surface area contributed by atoms with Gasteiger partial charge in [-0.2, -0.15) is 8.78 Å². The van der Waals surface area contributed by atoms with Gasteiger partial charge in [0.05, 0.1) is 16.8 Å². The van der Waals surface area contributed by atoms with E-state index in [1.807, 2.05) is 6.92 Å². The van der Waals surface area contributed by atoms with Crippen LogP contribution in [-0.4, -0.2) is 23.6 Å². The van der Waals surface area contributed by atoms with Crippen molar-refractivity contribution in [2.75, 3.05) is 12.4 Å². The number of thiazole rings is 1. The molecule has 0 amide bonds. The number of halogens is 3. The number of allylic oxidation sites excluding steroid dienone is 1. The van der Waals surface area contributed by atoms with Gasteiger partial charge in [0.2, 0.25) is 0 Å². The number of hydrogen-bond donors (Lipinski definition) is 0. The summed E-state index contributed by atoms with van der Waals surface area (Å²) in [5.41, 5.74) is 0.985. The molecule has 8 heteroatoms. The van der Waals surface area contributed by atoms with E-state index in [1.54, 1.807) is 6.21 Å². The minimum Gasteiger partial charge on any atom is -0.396 e. The summed E-state index contributed by atoms with van der Waals surface area (Å²) in [7, 11) is 0. The fraction of sp³-hybridized carbons (Fsp3) is 0.538. The molecule has 0 saturated heterocycles. The van der Waals surface area contributed by atoms with Crippen LogP contribution in [0.15, 0.2) is 21.4 Å². The summed E-state index contributed by atoms with van der Waals surface area (Å²) in [5, 5.41) is 3.85. The van der Waals surface area contributed by atoms with Crippen molar-refractivity contribution in [1.82, 2.24) is 4.98 Å². The number of rotatable bonds is 8. The van der Waals surface area contributed by atoms with Crippen LogP contribution in [0.25, 0.3) is 0 Å². The lowest BCUT2D eigenvalue weighted by Crippen LogP contribution is -1.88. The lowest BCUT2D eigenvalue weighted by atomic mass is 10.3. The van der Waals surface area contributed by atoms with Gasteiger partial charge in [0, 0.05) is 18.1 Å². The van der Waals surface area contributed by atoms with Crippen molar-refractivity contribution in [2.24, 2.45) is 5.16 Å². The molecular weight excluding hydrogens is 321 g/mol. The average molecular weight is 336 g/mol. The van der Waals surface area contributed by atoms with Crippen molar-refractivity contribution in [2.45, 2.75) is 36.4 Å². The highest BCUT2D eigenvalue weighted by Gasteiger charge is 2.29. The summed E-state index contributed by atoms with van der Waals surface area (Å²) in [6, 6.07) is 0. The Morgan fingerprint density at radius 2 is 2.24 bits per heavy atom. The summed E-state index contributed by atoms with van der Waals surface area (Å²) in [5.74, 6) is -0.652. The SMILES string of the molecule is CCON=Cc1sc(SCCC(F)=C(F)F)nc1C1CC1. The standard InChI is InChI=1S/C13H15F3N2OS2/c1-2-19-17-7-10-11(8-3-4-8)18-13(21-10)20-6-5-9(14)12(15)16/h7-8H,2-6H2,1H3. The van der Waals surface area contributed by atoms with Crippen molar-refractivity contribution in [1.29, 1.82) is 0 Å². The van der Waals surface area contributed by atoms with Gasteiger partial charge in [-0.25, -0.2) is 9.37 Å². The predicted octanol–water partition coefficient (Wildman–Crippen LogP) is 4.95. The summed E-state index contributed by atoms with van der Waals surface area (Å²) in [6.07, 6.45) is 1.33. The second kappa shape index (κ2) is 7.84. The van der Waals surface area contributed by atoms with Crippen molar-refractivity contribution < 1.29 is 18.0 Å². The van der Waals surface area contributed by atoms with Crippen LogP contribution < -0.4 is 0 Å². The third-order valence-corrected chi connectivity index (χ3v) is 4.90. The van der Waals surface area contributed by atoms with E-state index < -0.39 is 11.9 Å². The summed E-state index contributed by atoms with van der Waals surface area (Å²) < 4.78 is 37.4. The second-order valence-electron chi connectivity index (χ2n) is 4.42. The topological polar surface area (TPSA) is 34.5 Å². The minimum absolute atomic E-state index is 0.239. The molecule has 0 atom stereocenters. The third kappa shape index (κ3) is 5.03. The lowest BCUT2D eigenvalue weighted by Gasteiger charge is -1.95. The molecule has 0 spiro atoms. The highest BCUT2D eigenvalue weighted by Crippen LogP contribution is 2.43. The van der Waals surface area contributed by atoms with Crippen LogP contribution in [0.4, 0.5) is 13.2 Å². The zero-order chi connectivity index (χ0) is 15.2. The van der Waals surface area contributed by atoms with Crippen LogP contribution in [0.2, 0.25) is 0 Å². The minimum atomic E-state index is -2.24. The number of thioether (sulfide) groups is 1. The fourth-order valence-corrected chi connectivity index (χ4v) is 3.73. The molecule has 1 saturated carbocycles. The molecular formula is C13H15F3N2OS2. The highest BCUT2D eigenvalue weighted by atomic mass is 32.2. The Bertz CT molecular complexity index is 538. The first-order valence-corrected chi connectivity index (χ1v) is 8.40. The molecule has 1 aromatic heterocycles. The number of aromatic nitrogens is 1. The fourth-order valence-electron chi connectivity index (χ4n) is 1.61. The molecule has 21 heavy (non-hydrogen) atoms. The van der Waals surface area contributed by atoms with Crippen molar-refractivity contribution in [3.8, 4) is 0 Å². The van der Waals surface area contributed by atoms with E-state index in [0.717, 1.165) is 27.8 Å². The Morgan fingerprint density at radius 3 is 2.86 bits per heavy atom. The second-order valence-corrected chi connectivity index (χ2v) is 6.79. The normalized spacial score (nSPS) is 14.7. The monoisotopic (exact) mass is 336 g/mol. The van der Waals surface area contributed by atoms with Crippen LogP contribution in [-0.2, 0) is 4.84 Å². The molecule has 0 N–H and O–H groups in total. The molecule has 0 bridgehead atoms. The van der Waals surface area contributed by atoms with Crippen LogP contribution >= 0.6 is 23.1 Å². The van der Waals surface area contributed by atoms with Crippen LogP contribution in [0, 0.1) is 0 Å². The number of oxime groups is 1. The highest BCUT2D eigenvalue weighted by molar-refractivity contribution is 8.01. The maximum atomic E-state index is 12.7. The van der Waals surface area contributed by atoms with Crippen LogP contribution in [0.1, 0.15) is 42.7 Å². The Labute approximate surface area is 129 Å². The molecule has 3 nitrogen and oxygen atoms in total. The van der Waals surface area contributed by atoms with Gasteiger partial charge in [-0.1, -0.05) is 16.9 Å². The van der Waals surface area contributed by atoms with Gasteiger partial charge in [0.15, 0.2) is 10.2 Å². The predicted molar refractivity (Wildman–Crippen MR) is 79.0 cm³/mol. The first kappa shape index (κ1) is 16.4. The van der Waals surface area contributed by atoms with E-state index in [9.17, 15) is 13.2 Å². The quantitative estimate of drug-likeness (QED) is 0.383. The summed E-state index contributed by atoms with van der Waals surface area (Å²) >= 11 is 2.72. The molecule has 0 unspecified atom stereocenters. The Morgan fingerprint density at radius 1 is 1.48 bits per heavy atom. The zero-order valence-corrected chi connectivity index (χ0v) is 13.1. The maximum absolute atomic E-state index is 12.7. The van der Waals surface area contributed by atoms with Gasteiger partial charge >= 0.3 is 6.08 Å². The van der Waals surface area contributed by atoms with E-state index in [0.29, 0.717) is 12.5 Å². The Kier molecular flexibility index (Phi) is 6.10. The number of hydrogen-bond acceptors (Lipinski definition) is 5. The Balaban J connectivity index is 1.97. The van der Waals surface area contributed by atoms with Gasteiger partial charge in [-0.05, 0) is 19.8 Å². The zero-order valence-electron chi connectivity index (χ0n) is 11.4. The molecule has 1 aliphatic rings. The molecule has 1 aliphatic carbocycles. The average Bonchev–Trinajstić information content (AvgIpc) is 3.21. The smallest absolute Gasteiger partial charge is 0.301 e. The van der Waals surface area contributed by atoms with Crippen molar-refractivity contribution in [3.05, 3.63) is 22.5 Å². The largest absolute Gasteiger partial charge is 0.396 e. The molecule has 0 radical (unpaired) electrons. The first-order valence-electron chi connectivity index (χ1n) is 6.60. The van der Waals surface area contributed by atoms with E-state index >= 15 is 0 Å². The van der Waals surface area contributed by atoms with Crippen molar-refractivity contribution >= 4 is 29.3 Å². The van der Waals surface area contributed by atoms with Gasteiger partial charge in [0.1, 0.15) is 6.61 Å². The molecule has 1 fully saturated rings. The van der Waals surface area contributed by atoms with E-state index in [2.05, 4.69) is 10.1 Å². The van der Waals surface area contributed by atoms with E-state index in [1.165, 1.54) is 23.1 Å². The summed E-state index contributed by atoms with van der Waals surface area (Å²) in [4.78, 5) is 10.4. The van der Waals surface area contributed by atoms with Gasteiger partial charge in [-0.3, -0.25) is 0 Å². The van der Waals surface area contributed by atoms with Crippen LogP contribution in [0.5, 0.6) is 0 Å². The molecule has 1 aromatic rings. The van der Waals surface area contributed by atoms with Crippen LogP contribution in [0.3, 0.4) is 0 Å². The maximum Gasteiger partial charge on any atom is 0.301 e.